The van der Waals surface area contributed by atoms with E-state index in [2.05, 4.69) is 10.5 Å². The number of carbonyl (C=O) groups excluding carboxylic acids is 1. The van der Waals surface area contributed by atoms with E-state index in [0.717, 1.165) is 5.76 Å². The molecule has 0 radical (unpaired) electrons. The third-order valence-corrected chi connectivity index (χ3v) is 2.14. The Hall–Kier alpha value is -1.36. The van der Waals surface area contributed by atoms with Gasteiger partial charge in [-0.25, -0.2) is 0 Å². The largest absolute Gasteiger partial charge is 0.361 e. The highest BCUT2D eigenvalue weighted by molar-refractivity contribution is 5.81. The van der Waals surface area contributed by atoms with Crippen LogP contribution in [0, 0.1) is 12.8 Å². The average Bonchev–Trinajstić information content (AvgIpc) is 2.59. The van der Waals surface area contributed by atoms with E-state index in [4.69, 9.17) is 10.3 Å². The minimum absolute atomic E-state index is 0.129. The molecule has 1 amide bonds. The van der Waals surface area contributed by atoms with E-state index >= 15 is 0 Å². The third kappa shape index (κ3) is 3.36. The zero-order chi connectivity index (χ0) is 11.4. The summed E-state index contributed by atoms with van der Waals surface area (Å²) in [5.41, 5.74) is 6.38. The lowest BCUT2D eigenvalue weighted by atomic mass is 10.1. The number of amides is 1. The molecule has 0 bridgehead atoms. The molecule has 15 heavy (non-hydrogen) atoms. The molecule has 1 heterocycles. The van der Waals surface area contributed by atoms with Crippen molar-refractivity contribution >= 4 is 5.91 Å². The van der Waals surface area contributed by atoms with Gasteiger partial charge in [0.05, 0.1) is 12.6 Å². The Bertz CT molecular complexity index is 333. The van der Waals surface area contributed by atoms with Crippen molar-refractivity contribution in [1.29, 1.82) is 0 Å². The standard InChI is InChI=1S/C10H17N3O2/c1-6(2)9(11)10(14)12-5-8-4-7(3)15-13-8/h4,6,9H,5,11H2,1-3H3,(H,12,14)/t9-/m1/s1. The first-order valence-electron chi connectivity index (χ1n) is 4.96. The number of rotatable bonds is 4. The molecular weight excluding hydrogens is 194 g/mol. The van der Waals surface area contributed by atoms with Gasteiger partial charge in [0, 0.05) is 6.07 Å². The van der Waals surface area contributed by atoms with Gasteiger partial charge < -0.3 is 15.6 Å². The molecule has 0 unspecified atom stereocenters. The van der Waals surface area contributed by atoms with Crippen LogP contribution in [0.2, 0.25) is 0 Å². The summed E-state index contributed by atoms with van der Waals surface area (Å²) in [6, 6.07) is 1.30. The van der Waals surface area contributed by atoms with Gasteiger partial charge in [0.1, 0.15) is 11.5 Å². The van der Waals surface area contributed by atoms with E-state index in [1.165, 1.54) is 0 Å². The van der Waals surface area contributed by atoms with Crippen LogP contribution < -0.4 is 11.1 Å². The lowest BCUT2D eigenvalue weighted by Crippen LogP contribution is -2.43. The fourth-order valence-electron chi connectivity index (χ4n) is 1.10. The van der Waals surface area contributed by atoms with Crippen molar-refractivity contribution in [2.75, 3.05) is 0 Å². The molecule has 1 aromatic rings. The highest BCUT2D eigenvalue weighted by Gasteiger charge is 2.16. The monoisotopic (exact) mass is 211 g/mol. The second-order valence-electron chi connectivity index (χ2n) is 3.92. The van der Waals surface area contributed by atoms with Crippen LogP contribution in [0.1, 0.15) is 25.3 Å². The summed E-state index contributed by atoms with van der Waals surface area (Å²) in [6.07, 6.45) is 0. The quantitative estimate of drug-likeness (QED) is 0.763. The van der Waals surface area contributed by atoms with Gasteiger partial charge in [0.15, 0.2) is 0 Å². The lowest BCUT2D eigenvalue weighted by Gasteiger charge is -2.14. The maximum absolute atomic E-state index is 11.5. The minimum atomic E-state index is -0.474. The fourth-order valence-corrected chi connectivity index (χ4v) is 1.10. The molecule has 0 fully saturated rings. The van der Waals surface area contributed by atoms with Crippen LogP contribution in [0.25, 0.3) is 0 Å². The minimum Gasteiger partial charge on any atom is -0.361 e. The summed E-state index contributed by atoms with van der Waals surface area (Å²) in [4.78, 5) is 11.5. The Morgan fingerprint density at radius 3 is 2.80 bits per heavy atom. The Labute approximate surface area is 89.0 Å². The normalized spacial score (nSPS) is 12.9. The van der Waals surface area contributed by atoms with Crippen LogP contribution in [0.4, 0.5) is 0 Å². The first kappa shape index (κ1) is 11.7. The van der Waals surface area contributed by atoms with E-state index in [1.807, 2.05) is 13.8 Å². The first-order valence-corrected chi connectivity index (χ1v) is 4.96. The Morgan fingerprint density at radius 2 is 2.33 bits per heavy atom. The number of nitrogens with one attached hydrogen (secondary N) is 1. The smallest absolute Gasteiger partial charge is 0.237 e. The van der Waals surface area contributed by atoms with Gasteiger partial charge >= 0.3 is 0 Å². The van der Waals surface area contributed by atoms with Gasteiger partial charge in [-0.15, -0.1) is 0 Å². The van der Waals surface area contributed by atoms with Crippen LogP contribution >= 0.6 is 0 Å². The zero-order valence-corrected chi connectivity index (χ0v) is 9.28. The van der Waals surface area contributed by atoms with Crippen LogP contribution in [0.15, 0.2) is 10.6 Å². The van der Waals surface area contributed by atoms with Crippen molar-refractivity contribution in [2.45, 2.75) is 33.4 Å². The van der Waals surface area contributed by atoms with Crippen molar-refractivity contribution in [2.24, 2.45) is 11.7 Å². The summed E-state index contributed by atoms with van der Waals surface area (Å²) in [6.45, 7) is 5.98. The highest BCUT2D eigenvalue weighted by atomic mass is 16.5. The number of nitrogens with two attached hydrogens (primary N) is 1. The van der Waals surface area contributed by atoms with Gasteiger partial charge in [-0.05, 0) is 12.8 Å². The molecule has 5 heteroatoms. The summed E-state index contributed by atoms with van der Waals surface area (Å²) in [5, 5.41) is 6.47. The maximum Gasteiger partial charge on any atom is 0.237 e. The lowest BCUT2D eigenvalue weighted by molar-refractivity contribution is -0.123. The van der Waals surface area contributed by atoms with E-state index in [9.17, 15) is 4.79 Å². The molecule has 1 atom stereocenters. The molecule has 0 saturated heterocycles. The van der Waals surface area contributed by atoms with Gasteiger partial charge in [0.2, 0.25) is 5.91 Å². The molecule has 0 aromatic carbocycles. The number of hydrogen-bond donors (Lipinski definition) is 2. The molecule has 0 saturated carbocycles. The Kier molecular flexibility index (Phi) is 3.85. The average molecular weight is 211 g/mol. The fraction of sp³-hybridized carbons (Fsp3) is 0.600. The van der Waals surface area contributed by atoms with Crippen molar-refractivity contribution < 1.29 is 9.32 Å². The molecule has 0 aliphatic carbocycles. The second-order valence-corrected chi connectivity index (χ2v) is 3.92. The predicted octanol–water partition coefficient (Wildman–Crippen LogP) is 0.583. The third-order valence-electron chi connectivity index (χ3n) is 2.14. The summed E-state index contributed by atoms with van der Waals surface area (Å²) in [5.74, 6) is 0.696. The zero-order valence-electron chi connectivity index (χ0n) is 9.28. The Morgan fingerprint density at radius 1 is 1.67 bits per heavy atom. The first-order chi connectivity index (χ1) is 7.00. The summed E-state index contributed by atoms with van der Waals surface area (Å²) < 4.78 is 4.87. The predicted molar refractivity (Wildman–Crippen MR) is 55.9 cm³/mol. The second kappa shape index (κ2) is 4.93. The van der Waals surface area contributed by atoms with Crippen molar-refractivity contribution in [3.63, 3.8) is 0 Å². The van der Waals surface area contributed by atoms with Crippen LogP contribution in [-0.4, -0.2) is 17.1 Å². The number of hydrogen-bond acceptors (Lipinski definition) is 4. The van der Waals surface area contributed by atoms with E-state index in [0.29, 0.717) is 12.2 Å². The van der Waals surface area contributed by atoms with Crippen LogP contribution in [0.5, 0.6) is 0 Å². The number of aromatic nitrogens is 1. The molecule has 0 aliphatic heterocycles. The van der Waals surface area contributed by atoms with Crippen LogP contribution in [0.3, 0.4) is 0 Å². The molecule has 84 valence electrons. The van der Waals surface area contributed by atoms with Crippen LogP contribution in [-0.2, 0) is 11.3 Å². The van der Waals surface area contributed by atoms with Gasteiger partial charge in [-0.2, -0.15) is 0 Å². The maximum atomic E-state index is 11.5. The highest BCUT2D eigenvalue weighted by Crippen LogP contribution is 2.02. The van der Waals surface area contributed by atoms with E-state index in [-0.39, 0.29) is 11.8 Å². The number of aryl methyl sites for hydroxylation is 1. The molecule has 0 spiro atoms. The number of carbonyl (C=O) groups is 1. The molecule has 5 nitrogen and oxygen atoms in total. The molecule has 0 aliphatic rings. The molecule has 3 N–H and O–H groups in total. The van der Waals surface area contributed by atoms with Crippen molar-refractivity contribution in [3.05, 3.63) is 17.5 Å². The summed E-state index contributed by atoms with van der Waals surface area (Å²) >= 11 is 0. The van der Waals surface area contributed by atoms with E-state index < -0.39 is 6.04 Å². The number of nitrogens with zero attached hydrogens (tertiary/aromatic N) is 1. The summed E-state index contributed by atoms with van der Waals surface area (Å²) in [7, 11) is 0. The molecule has 1 rings (SSSR count). The van der Waals surface area contributed by atoms with E-state index in [1.54, 1.807) is 13.0 Å². The Balaban J connectivity index is 2.40. The SMILES string of the molecule is Cc1cc(CNC(=O)[C@H](N)C(C)C)no1. The van der Waals surface area contributed by atoms with Crippen molar-refractivity contribution in [1.82, 2.24) is 10.5 Å². The van der Waals surface area contributed by atoms with Crippen molar-refractivity contribution in [3.8, 4) is 0 Å². The topological polar surface area (TPSA) is 81.2 Å². The van der Waals surface area contributed by atoms with Gasteiger partial charge in [0.25, 0.3) is 0 Å². The van der Waals surface area contributed by atoms with Gasteiger partial charge in [-0.1, -0.05) is 19.0 Å². The van der Waals surface area contributed by atoms with Gasteiger partial charge in [-0.3, -0.25) is 4.79 Å². The molecule has 1 aromatic heterocycles. The molecular formula is C10H17N3O2.